The van der Waals surface area contributed by atoms with Gasteiger partial charge in [-0.3, -0.25) is 4.79 Å². The van der Waals surface area contributed by atoms with E-state index in [1.807, 2.05) is 0 Å². The van der Waals surface area contributed by atoms with Crippen LogP contribution >= 0.6 is 0 Å². The standard InChI is InChI=1S/C16H12FNO/c1-3-12-5-4-6-14(10-12)18-16(19)13-7-8-15(17)11(2)9-13/h1,4-10H,2H3,(H,18,19). The number of halogens is 1. The first-order chi connectivity index (χ1) is 9.10. The number of carbonyl (C=O) groups excluding carboxylic acids is 1. The monoisotopic (exact) mass is 253 g/mol. The van der Waals surface area contributed by atoms with Gasteiger partial charge in [0.2, 0.25) is 0 Å². The van der Waals surface area contributed by atoms with E-state index in [2.05, 4.69) is 11.2 Å². The van der Waals surface area contributed by atoms with Crippen LogP contribution in [-0.2, 0) is 0 Å². The first-order valence-electron chi connectivity index (χ1n) is 5.74. The zero-order chi connectivity index (χ0) is 13.8. The van der Waals surface area contributed by atoms with E-state index in [0.717, 1.165) is 0 Å². The van der Waals surface area contributed by atoms with Crippen LogP contribution in [0, 0.1) is 25.1 Å². The van der Waals surface area contributed by atoms with Gasteiger partial charge in [-0.25, -0.2) is 4.39 Å². The molecule has 2 aromatic carbocycles. The SMILES string of the molecule is C#Cc1cccc(NC(=O)c2ccc(F)c(C)c2)c1. The summed E-state index contributed by atoms with van der Waals surface area (Å²) in [6, 6.07) is 11.2. The third-order valence-electron chi connectivity index (χ3n) is 2.71. The number of benzene rings is 2. The first-order valence-corrected chi connectivity index (χ1v) is 5.74. The van der Waals surface area contributed by atoms with Crippen LogP contribution in [0.1, 0.15) is 21.5 Å². The molecule has 2 nitrogen and oxygen atoms in total. The Morgan fingerprint density at radius 1 is 1.26 bits per heavy atom. The van der Waals surface area contributed by atoms with Crippen molar-refractivity contribution >= 4 is 11.6 Å². The number of hydrogen-bond acceptors (Lipinski definition) is 1. The maximum absolute atomic E-state index is 13.1. The van der Waals surface area contributed by atoms with Gasteiger partial charge in [0.1, 0.15) is 5.82 Å². The minimum absolute atomic E-state index is 0.294. The molecule has 2 aromatic rings. The van der Waals surface area contributed by atoms with Crippen LogP contribution < -0.4 is 5.32 Å². The Morgan fingerprint density at radius 3 is 2.74 bits per heavy atom. The first kappa shape index (κ1) is 12.8. The van der Waals surface area contributed by atoms with Gasteiger partial charge in [0.05, 0.1) is 0 Å². The van der Waals surface area contributed by atoms with Crippen molar-refractivity contribution in [1.29, 1.82) is 0 Å². The summed E-state index contributed by atoms with van der Waals surface area (Å²) >= 11 is 0. The summed E-state index contributed by atoms with van der Waals surface area (Å²) in [5, 5.41) is 2.72. The van der Waals surface area contributed by atoms with Crippen LogP contribution in [0.3, 0.4) is 0 Å². The normalized spacial score (nSPS) is 9.74. The van der Waals surface area contributed by atoms with Gasteiger partial charge in [0.15, 0.2) is 0 Å². The Morgan fingerprint density at radius 2 is 2.05 bits per heavy atom. The molecule has 0 unspecified atom stereocenters. The van der Waals surface area contributed by atoms with Crippen LogP contribution in [0.15, 0.2) is 42.5 Å². The largest absolute Gasteiger partial charge is 0.322 e. The fourth-order valence-corrected chi connectivity index (χ4v) is 1.68. The third-order valence-corrected chi connectivity index (χ3v) is 2.71. The predicted molar refractivity (Wildman–Crippen MR) is 73.5 cm³/mol. The molecule has 0 aliphatic carbocycles. The zero-order valence-electron chi connectivity index (χ0n) is 10.4. The number of nitrogens with one attached hydrogen (secondary N) is 1. The van der Waals surface area contributed by atoms with Crippen LogP contribution in [0.25, 0.3) is 0 Å². The molecule has 0 fully saturated rings. The number of rotatable bonds is 2. The zero-order valence-corrected chi connectivity index (χ0v) is 10.4. The fourth-order valence-electron chi connectivity index (χ4n) is 1.68. The van der Waals surface area contributed by atoms with Gasteiger partial charge in [0, 0.05) is 16.8 Å². The fraction of sp³-hybridized carbons (Fsp3) is 0.0625. The van der Waals surface area contributed by atoms with Gasteiger partial charge in [0.25, 0.3) is 5.91 Å². The molecular weight excluding hydrogens is 241 g/mol. The van der Waals surface area contributed by atoms with E-state index in [-0.39, 0.29) is 11.7 Å². The van der Waals surface area contributed by atoms with E-state index in [4.69, 9.17) is 6.42 Å². The second-order valence-corrected chi connectivity index (χ2v) is 4.14. The minimum atomic E-state index is -0.328. The maximum atomic E-state index is 13.1. The summed E-state index contributed by atoms with van der Waals surface area (Å²) in [7, 11) is 0. The lowest BCUT2D eigenvalue weighted by atomic mass is 10.1. The minimum Gasteiger partial charge on any atom is -0.322 e. The highest BCUT2D eigenvalue weighted by molar-refractivity contribution is 6.04. The van der Waals surface area contributed by atoms with Crippen molar-refractivity contribution in [2.24, 2.45) is 0 Å². The highest BCUT2D eigenvalue weighted by Crippen LogP contribution is 2.14. The number of hydrogen-bond donors (Lipinski definition) is 1. The Hall–Kier alpha value is -2.60. The van der Waals surface area contributed by atoms with E-state index in [0.29, 0.717) is 22.4 Å². The Kier molecular flexibility index (Phi) is 3.63. The van der Waals surface area contributed by atoms with Crippen molar-refractivity contribution in [2.75, 3.05) is 5.32 Å². The Labute approximate surface area is 111 Å². The van der Waals surface area contributed by atoms with Gasteiger partial charge >= 0.3 is 0 Å². The van der Waals surface area contributed by atoms with Gasteiger partial charge in [-0.1, -0.05) is 12.0 Å². The molecule has 0 radical (unpaired) electrons. The second-order valence-electron chi connectivity index (χ2n) is 4.14. The molecule has 0 bridgehead atoms. The molecule has 3 heteroatoms. The quantitative estimate of drug-likeness (QED) is 0.817. The lowest BCUT2D eigenvalue weighted by molar-refractivity contribution is 0.102. The molecular formula is C16H12FNO. The molecule has 0 spiro atoms. The van der Waals surface area contributed by atoms with E-state index in [1.54, 1.807) is 31.2 Å². The number of aryl methyl sites for hydroxylation is 1. The lowest BCUT2D eigenvalue weighted by Crippen LogP contribution is -2.12. The Bertz CT molecular complexity index is 671. The smallest absolute Gasteiger partial charge is 0.255 e. The van der Waals surface area contributed by atoms with Gasteiger partial charge in [-0.15, -0.1) is 6.42 Å². The van der Waals surface area contributed by atoms with Crippen molar-refractivity contribution < 1.29 is 9.18 Å². The molecule has 0 atom stereocenters. The van der Waals surface area contributed by atoms with Gasteiger partial charge < -0.3 is 5.32 Å². The summed E-state index contributed by atoms with van der Waals surface area (Å²) < 4.78 is 13.1. The number of terminal acetylenes is 1. The van der Waals surface area contributed by atoms with Crippen LogP contribution in [0.5, 0.6) is 0 Å². The van der Waals surface area contributed by atoms with Crippen LogP contribution in [-0.4, -0.2) is 5.91 Å². The summed E-state index contributed by atoms with van der Waals surface area (Å²) in [4.78, 5) is 12.0. The number of amides is 1. The second kappa shape index (κ2) is 5.36. The summed E-state index contributed by atoms with van der Waals surface area (Å²) in [5.74, 6) is 1.87. The molecule has 19 heavy (non-hydrogen) atoms. The van der Waals surface area contributed by atoms with Gasteiger partial charge in [-0.05, 0) is 48.9 Å². The lowest BCUT2D eigenvalue weighted by Gasteiger charge is -2.06. The van der Waals surface area contributed by atoms with E-state index >= 15 is 0 Å². The van der Waals surface area contributed by atoms with Crippen molar-refractivity contribution in [1.82, 2.24) is 0 Å². The third kappa shape index (κ3) is 2.99. The molecule has 0 aliphatic heterocycles. The van der Waals surface area contributed by atoms with Crippen LogP contribution in [0.4, 0.5) is 10.1 Å². The highest BCUT2D eigenvalue weighted by Gasteiger charge is 2.08. The molecule has 0 aromatic heterocycles. The van der Waals surface area contributed by atoms with E-state index in [1.165, 1.54) is 18.2 Å². The molecule has 0 heterocycles. The van der Waals surface area contributed by atoms with Crippen LogP contribution in [0.2, 0.25) is 0 Å². The molecule has 0 saturated heterocycles. The Balaban J connectivity index is 2.21. The molecule has 1 amide bonds. The average Bonchev–Trinajstić information content (AvgIpc) is 2.42. The molecule has 0 aliphatic rings. The van der Waals surface area contributed by atoms with Crippen molar-refractivity contribution in [2.45, 2.75) is 6.92 Å². The van der Waals surface area contributed by atoms with Gasteiger partial charge in [-0.2, -0.15) is 0 Å². The molecule has 1 N–H and O–H groups in total. The highest BCUT2D eigenvalue weighted by atomic mass is 19.1. The maximum Gasteiger partial charge on any atom is 0.255 e. The summed E-state index contributed by atoms with van der Waals surface area (Å²) in [5.41, 5.74) is 2.14. The topological polar surface area (TPSA) is 29.1 Å². The number of carbonyl (C=O) groups is 1. The predicted octanol–water partition coefficient (Wildman–Crippen LogP) is 3.37. The summed E-state index contributed by atoms with van der Waals surface area (Å²) in [6.07, 6.45) is 5.29. The molecule has 94 valence electrons. The van der Waals surface area contributed by atoms with Crippen molar-refractivity contribution in [3.05, 3.63) is 65.0 Å². The molecule has 2 rings (SSSR count). The summed E-state index contributed by atoms with van der Waals surface area (Å²) in [6.45, 7) is 1.62. The van der Waals surface area contributed by atoms with Crippen molar-refractivity contribution in [3.63, 3.8) is 0 Å². The van der Waals surface area contributed by atoms with Crippen molar-refractivity contribution in [3.8, 4) is 12.3 Å². The van der Waals surface area contributed by atoms with E-state index < -0.39 is 0 Å². The van der Waals surface area contributed by atoms with E-state index in [9.17, 15) is 9.18 Å². The molecule has 0 saturated carbocycles. The number of anilines is 1. The average molecular weight is 253 g/mol.